The summed E-state index contributed by atoms with van der Waals surface area (Å²) in [5, 5.41) is 8.20. The van der Waals surface area contributed by atoms with E-state index in [-0.39, 0.29) is 0 Å². The Morgan fingerprint density at radius 2 is 1.94 bits per heavy atom. The van der Waals surface area contributed by atoms with Crippen LogP contribution < -0.4 is 0 Å². The number of aromatic nitrogens is 4. The molecule has 0 aliphatic carbocycles. The number of halogens is 1. The second kappa shape index (κ2) is 4.25. The topological polar surface area (TPSA) is 43.6 Å². The standard InChI is InChI=1S/C12H9BrN4/c13-10-3-1-9(2-4-10)8-17-12-5-6-14-7-11(12)15-16-17/h1-7H,8H2. The SMILES string of the molecule is Brc1ccc(Cn2nnc3cnccc32)cc1. The first-order chi connectivity index (χ1) is 8.33. The predicted octanol–water partition coefficient (Wildman–Crippen LogP) is 2.64. The van der Waals surface area contributed by atoms with Gasteiger partial charge in [0.15, 0.2) is 0 Å². The molecule has 0 saturated carbocycles. The summed E-state index contributed by atoms with van der Waals surface area (Å²) in [6.45, 7) is 0.716. The van der Waals surface area contributed by atoms with Crippen LogP contribution in [0.4, 0.5) is 0 Å². The Kier molecular flexibility index (Phi) is 2.60. The fourth-order valence-electron chi connectivity index (χ4n) is 1.70. The first-order valence-corrected chi connectivity index (χ1v) is 6.00. The summed E-state index contributed by atoms with van der Waals surface area (Å²) in [6, 6.07) is 10.1. The molecule has 4 nitrogen and oxygen atoms in total. The van der Waals surface area contributed by atoms with Gasteiger partial charge >= 0.3 is 0 Å². The number of benzene rings is 1. The van der Waals surface area contributed by atoms with Crippen LogP contribution in [0.3, 0.4) is 0 Å². The van der Waals surface area contributed by atoms with E-state index in [2.05, 4.69) is 43.4 Å². The van der Waals surface area contributed by atoms with Gasteiger partial charge in [0.1, 0.15) is 5.52 Å². The van der Waals surface area contributed by atoms with E-state index >= 15 is 0 Å². The highest BCUT2D eigenvalue weighted by molar-refractivity contribution is 9.10. The van der Waals surface area contributed by atoms with Gasteiger partial charge in [-0.15, -0.1) is 5.10 Å². The largest absolute Gasteiger partial charge is 0.262 e. The third-order valence-electron chi connectivity index (χ3n) is 2.56. The molecule has 5 heteroatoms. The lowest BCUT2D eigenvalue weighted by Gasteiger charge is -2.02. The molecular weight excluding hydrogens is 280 g/mol. The fourth-order valence-corrected chi connectivity index (χ4v) is 1.97. The van der Waals surface area contributed by atoms with Crippen molar-refractivity contribution in [1.29, 1.82) is 0 Å². The summed E-state index contributed by atoms with van der Waals surface area (Å²) < 4.78 is 2.95. The van der Waals surface area contributed by atoms with Gasteiger partial charge in [-0.2, -0.15) is 0 Å². The number of rotatable bonds is 2. The highest BCUT2D eigenvalue weighted by atomic mass is 79.9. The monoisotopic (exact) mass is 288 g/mol. The molecule has 3 rings (SSSR count). The molecule has 84 valence electrons. The van der Waals surface area contributed by atoms with Crippen molar-refractivity contribution in [2.24, 2.45) is 0 Å². The second-order valence-electron chi connectivity index (χ2n) is 3.74. The number of nitrogens with zero attached hydrogens (tertiary/aromatic N) is 4. The molecule has 0 unspecified atom stereocenters. The Balaban J connectivity index is 1.97. The molecule has 2 aromatic heterocycles. The molecular formula is C12H9BrN4. The van der Waals surface area contributed by atoms with Gasteiger partial charge in [0.25, 0.3) is 0 Å². The van der Waals surface area contributed by atoms with E-state index in [0.29, 0.717) is 6.54 Å². The van der Waals surface area contributed by atoms with Gasteiger partial charge in [-0.1, -0.05) is 33.3 Å². The van der Waals surface area contributed by atoms with Crippen molar-refractivity contribution < 1.29 is 0 Å². The van der Waals surface area contributed by atoms with E-state index < -0.39 is 0 Å². The van der Waals surface area contributed by atoms with Crippen molar-refractivity contribution in [2.45, 2.75) is 6.54 Å². The lowest BCUT2D eigenvalue weighted by Crippen LogP contribution is -2.01. The molecule has 3 aromatic rings. The molecule has 0 N–H and O–H groups in total. The first-order valence-electron chi connectivity index (χ1n) is 5.20. The average Bonchev–Trinajstić information content (AvgIpc) is 2.76. The number of pyridine rings is 1. The van der Waals surface area contributed by atoms with Crippen molar-refractivity contribution in [1.82, 2.24) is 20.0 Å². The average molecular weight is 289 g/mol. The van der Waals surface area contributed by atoms with Crippen LogP contribution in [-0.2, 0) is 6.54 Å². The van der Waals surface area contributed by atoms with Gasteiger partial charge in [-0.3, -0.25) is 4.98 Å². The molecule has 0 spiro atoms. The fraction of sp³-hybridized carbons (Fsp3) is 0.0833. The maximum Gasteiger partial charge on any atom is 0.131 e. The third-order valence-corrected chi connectivity index (χ3v) is 3.09. The van der Waals surface area contributed by atoms with Gasteiger partial charge in [-0.05, 0) is 23.8 Å². The van der Waals surface area contributed by atoms with Crippen LogP contribution in [0.2, 0.25) is 0 Å². The maximum absolute atomic E-state index is 4.13. The minimum Gasteiger partial charge on any atom is -0.262 e. The van der Waals surface area contributed by atoms with Crippen molar-refractivity contribution in [3.63, 3.8) is 0 Å². The van der Waals surface area contributed by atoms with Crippen LogP contribution >= 0.6 is 15.9 Å². The second-order valence-corrected chi connectivity index (χ2v) is 4.65. The molecule has 0 bridgehead atoms. The van der Waals surface area contributed by atoms with Crippen molar-refractivity contribution in [3.8, 4) is 0 Å². The minimum absolute atomic E-state index is 0.716. The Labute approximate surface area is 106 Å². The third kappa shape index (κ3) is 2.06. The van der Waals surface area contributed by atoms with Crippen molar-refractivity contribution >= 4 is 27.0 Å². The summed E-state index contributed by atoms with van der Waals surface area (Å²) in [4.78, 5) is 4.02. The summed E-state index contributed by atoms with van der Waals surface area (Å²) in [7, 11) is 0. The van der Waals surface area contributed by atoms with E-state index in [1.165, 1.54) is 5.56 Å². The van der Waals surface area contributed by atoms with Crippen LogP contribution in [0.5, 0.6) is 0 Å². The number of hydrogen-bond donors (Lipinski definition) is 0. The molecule has 0 aliphatic rings. The quantitative estimate of drug-likeness (QED) is 0.728. The van der Waals surface area contributed by atoms with Gasteiger partial charge in [0, 0.05) is 10.7 Å². The molecule has 0 atom stereocenters. The molecule has 1 aromatic carbocycles. The van der Waals surface area contributed by atoms with Gasteiger partial charge in [0.05, 0.1) is 18.3 Å². The normalized spacial score (nSPS) is 10.9. The maximum atomic E-state index is 4.13. The van der Waals surface area contributed by atoms with E-state index in [0.717, 1.165) is 15.5 Å². The summed E-state index contributed by atoms with van der Waals surface area (Å²) in [5.41, 5.74) is 3.02. The smallest absolute Gasteiger partial charge is 0.131 e. The Hall–Kier alpha value is -1.75. The van der Waals surface area contributed by atoms with Crippen molar-refractivity contribution in [3.05, 3.63) is 52.8 Å². The highest BCUT2D eigenvalue weighted by Crippen LogP contribution is 2.14. The van der Waals surface area contributed by atoms with Crippen LogP contribution in [0.15, 0.2) is 47.2 Å². The predicted molar refractivity (Wildman–Crippen MR) is 68.6 cm³/mol. The summed E-state index contributed by atoms with van der Waals surface area (Å²) in [5.74, 6) is 0. The lowest BCUT2D eigenvalue weighted by atomic mass is 10.2. The van der Waals surface area contributed by atoms with Gasteiger partial charge in [0.2, 0.25) is 0 Å². The number of fused-ring (bicyclic) bond motifs is 1. The molecule has 2 heterocycles. The van der Waals surface area contributed by atoms with E-state index in [1.54, 1.807) is 12.4 Å². The van der Waals surface area contributed by atoms with Crippen LogP contribution in [-0.4, -0.2) is 20.0 Å². The van der Waals surface area contributed by atoms with E-state index in [9.17, 15) is 0 Å². The van der Waals surface area contributed by atoms with E-state index in [4.69, 9.17) is 0 Å². The van der Waals surface area contributed by atoms with Gasteiger partial charge in [-0.25, -0.2) is 4.68 Å². The molecule has 0 aliphatic heterocycles. The number of hydrogen-bond acceptors (Lipinski definition) is 3. The molecule has 0 fully saturated rings. The molecule has 0 amide bonds. The zero-order chi connectivity index (χ0) is 11.7. The zero-order valence-electron chi connectivity index (χ0n) is 8.92. The molecule has 17 heavy (non-hydrogen) atoms. The lowest BCUT2D eigenvalue weighted by molar-refractivity contribution is 0.670. The Morgan fingerprint density at radius 1 is 1.12 bits per heavy atom. The zero-order valence-corrected chi connectivity index (χ0v) is 10.5. The van der Waals surface area contributed by atoms with Crippen LogP contribution in [0.25, 0.3) is 11.0 Å². The Morgan fingerprint density at radius 3 is 2.76 bits per heavy atom. The summed E-state index contributed by atoms with van der Waals surface area (Å²) >= 11 is 3.42. The first kappa shape index (κ1) is 10.4. The molecule has 0 radical (unpaired) electrons. The minimum atomic E-state index is 0.716. The Bertz CT molecular complexity index is 645. The highest BCUT2D eigenvalue weighted by Gasteiger charge is 2.04. The van der Waals surface area contributed by atoms with Crippen LogP contribution in [0.1, 0.15) is 5.56 Å². The summed E-state index contributed by atoms with van der Waals surface area (Å²) in [6.07, 6.45) is 3.48. The molecule has 0 saturated heterocycles. The van der Waals surface area contributed by atoms with E-state index in [1.807, 2.05) is 22.9 Å². The van der Waals surface area contributed by atoms with Crippen LogP contribution in [0, 0.1) is 0 Å². The van der Waals surface area contributed by atoms with Gasteiger partial charge < -0.3 is 0 Å². The van der Waals surface area contributed by atoms with Crippen molar-refractivity contribution in [2.75, 3.05) is 0 Å².